The zero-order valence-corrected chi connectivity index (χ0v) is 12.5. The van der Waals surface area contributed by atoms with Gasteiger partial charge in [0.1, 0.15) is 18.1 Å². The molecule has 0 amide bonds. The van der Waals surface area contributed by atoms with Gasteiger partial charge in [-0.15, -0.1) is 16.4 Å². The second kappa shape index (κ2) is 6.35. The van der Waals surface area contributed by atoms with Crippen molar-refractivity contribution >= 4 is 17.6 Å². The molecule has 1 aromatic carbocycles. The van der Waals surface area contributed by atoms with Gasteiger partial charge >= 0.3 is 0 Å². The summed E-state index contributed by atoms with van der Waals surface area (Å²) in [6.07, 6.45) is 0.754. The number of hydrogen-bond donors (Lipinski definition) is 1. The van der Waals surface area contributed by atoms with Gasteiger partial charge in [-0.2, -0.15) is 0 Å². The van der Waals surface area contributed by atoms with E-state index in [0.29, 0.717) is 22.9 Å². The average Bonchev–Trinajstić information content (AvgIpc) is 3.25. The highest BCUT2D eigenvalue weighted by atomic mass is 32.1. The lowest BCUT2D eigenvalue weighted by atomic mass is 10.1. The maximum atomic E-state index is 11.3. The van der Waals surface area contributed by atoms with Crippen molar-refractivity contribution in [2.45, 2.75) is 6.61 Å². The minimum Gasteiger partial charge on any atom is -0.496 e. The van der Waals surface area contributed by atoms with E-state index in [0.717, 1.165) is 16.7 Å². The minimum atomic E-state index is 0.134. The lowest BCUT2D eigenvalue weighted by Gasteiger charge is -2.12. The Kier molecular flexibility index (Phi) is 4.10. The van der Waals surface area contributed by atoms with Gasteiger partial charge < -0.3 is 9.47 Å². The molecule has 0 spiro atoms. The first-order chi connectivity index (χ1) is 10.8. The third-order valence-corrected chi connectivity index (χ3v) is 3.90. The van der Waals surface area contributed by atoms with Crippen LogP contribution in [0.1, 0.15) is 16.2 Å². The number of aldehydes is 1. The Labute approximate surface area is 129 Å². The predicted octanol–water partition coefficient (Wildman–Crippen LogP) is 2.33. The van der Waals surface area contributed by atoms with Crippen LogP contribution in [0.3, 0.4) is 0 Å². The summed E-state index contributed by atoms with van der Waals surface area (Å²) >= 11 is 1.57. The molecular formula is C14H12N4O3S. The Bertz CT molecular complexity index is 757. The summed E-state index contributed by atoms with van der Waals surface area (Å²) in [6.45, 7) is 0.134. The topological polar surface area (TPSA) is 90.0 Å². The Morgan fingerprint density at radius 2 is 2.27 bits per heavy atom. The van der Waals surface area contributed by atoms with Crippen molar-refractivity contribution in [3.8, 4) is 21.9 Å². The highest BCUT2D eigenvalue weighted by Crippen LogP contribution is 2.37. The molecule has 7 nitrogen and oxygen atoms in total. The summed E-state index contributed by atoms with van der Waals surface area (Å²) in [6, 6.07) is 7.37. The van der Waals surface area contributed by atoms with Crippen molar-refractivity contribution in [3.63, 3.8) is 0 Å². The summed E-state index contributed by atoms with van der Waals surface area (Å²) in [5.74, 6) is 1.53. The van der Waals surface area contributed by atoms with Crippen molar-refractivity contribution in [1.82, 2.24) is 20.6 Å². The van der Waals surface area contributed by atoms with Crippen LogP contribution >= 0.6 is 11.3 Å². The molecule has 0 fully saturated rings. The van der Waals surface area contributed by atoms with Gasteiger partial charge in [-0.05, 0) is 27.9 Å². The molecule has 0 aliphatic rings. The number of ether oxygens (including phenoxy) is 2. The first-order valence-corrected chi connectivity index (χ1v) is 7.26. The van der Waals surface area contributed by atoms with Crippen molar-refractivity contribution in [1.29, 1.82) is 0 Å². The molecule has 0 bridgehead atoms. The highest BCUT2D eigenvalue weighted by Gasteiger charge is 2.14. The molecule has 0 unspecified atom stereocenters. The van der Waals surface area contributed by atoms with E-state index >= 15 is 0 Å². The summed E-state index contributed by atoms with van der Waals surface area (Å²) in [7, 11) is 1.58. The molecule has 2 aromatic heterocycles. The quantitative estimate of drug-likeness (QED) is 0.702. The van der Waals surface area contributed by atoms with Crippen LogP contribution in [0.25, 0.3) is 10.4 Å². The molecule has 2 heterocycles. The number of thiophene rings is 1. The molecule has 0 atom stereocenters. The molecule has 22 heavy (non-hydrogen) atoms. The van der Waals surface area contributed by atoms with Gasteiger partial charge in [0.25, 0.3) is 0 Å². The summed E-state index contributed by atoms with van der Waals surface area (Å²) < 4.78 is 11.0. The van der Waals surface area contributed by atoms with E-state index in [1.807, 2.05) is 17.5 Å². The molecule has 0 aliphatic carbocycles. The maximum Gasteiger partial charge on any atom is 0.186 e. The molecule has 0 saturated carbocycles. The van der Waals surface area contributed by atoms with Gasteiger partial charge in [0.05, 0.1) is 12.7 Å². The Morgan fingerprint density at radius 3 is 2.91 bits per heavy atom. The van der Waals surface area contributed by atoms with Crippen LogP contribution in [0.2, 0.25) is 0 Å². The van der Waals surface area contributed by atoms with Gasteiger partial charge in [-0.1, -0.05) is 6.07 Å². The van der Waals surface area contributed by atoms with E-state index in [2.05, 4.69) is 20.6 Å². The fourth-order valence-electron chi connectivity index (χ4n) is 1.97. The van der Waals surface area contributed by atoms with Crippen LogP contribution in [-0.2, 0) is 6.61 Å². The number of hydrogen-bond acceptors (Lipinski definition) is 7. The highest BCUT2D eigenvalue weighted by molar-refractivity contribution is 7.13. The van der Waals surface area contributed by atoms with E-state index in [-0.39, 0.29) is 6.61 Å². The largest absolute Gasteiger partial charge is 0.496 e. The fourth-order valence-corrected chi connectivity index (χ4v) is 2.72. The number of methoxy groups -OCH3 is 1. The number of nitrogens with one attached hydrogen (secondary N) is 1. The molecule has 0 radical (unpaired) electrons. The number of aromatic nitrogens is 4. The second-order valence-electron chi connectivity index (χ2n) is 4.32. The van der Waals surface area contributed by atoms with Crippen LogP contribution < -0.4 is 9.47 Å². The normalized spacial score (nSPS) is 10.4. The fraction of sp³-hybridized carbons (Fsp3) is 0.143. The monoisotopic (exact) mass is 316 g/mol. The smallest absolute Gasteiger partial charge is 0.186 e. The molecule has 3 aromatic rings. The van der Waals surface area contributed by atoms with Crippen LogP contribution in [0.4, 0.5) is 0 Å². The van der Waals surface area contributed by atoms with Crippen molar-refractivity contribution in [3.05, 3.63) is 41.0 Å². The van der Waals surface area contributed by atoms with E-state index < -0.39 is 0 Å². The van der Waals surface area contributed by atoms with Crippen LogP contribution in [0.5, 0.6) is 11.5 Å². The SMILES string of the molecule is COc1cc(OCc2nnn[nH]2)c(C=O)cc1-c1cccs1. The van der Waals surface area contributed by atoms with Crippen LogP contribution in [-0.4, -0.2) is 34.0 Å². The zero-order valence-electron chi connectivity index (χ0n) is 11.6. The number of aromatic amines is 1. The number of nitrogens with zero attached hydrogens (tertiary/aromatic N) is 3. The predicted molar refractivity (Wildman–Crippen MR) is 80.2 cm³/mol. The number of H-pyrrole nitrogens is 1. The lowest BCUT2D eigenvalue weighted by molar-refractivity contribution is 0.111. The molecule has 8 heteroatoms. The van der Waals surface area contributed by atoms with E-state index in [9.17, 15) is 4.79 Å². The number of carbonyl (C=O) groups is 1. The second-order valence-corrected chi connectivity index (χ2v) is 5.27. The van der Waals surface area contributed by atoms with E-state index in [1.54, 1.807) is 30.6 Å². The van der Waals surface area contributed by atoms with Gasteiger partial charge in [0.2, 0.25) is 0 Å². The van der Waals surface area contributed by atoms with Gasteiger partial charge in [-0.25, -0.2) is 5.10 Å². The Morgan fingerprint density at radius 1 is 1.36 bits per heavy atom. The van der Waals surface area contributed by atoms with Crippen molar-refractivity contribution < 1.29 is 14.3 Å². The van der Waals surface area contributed by atoms with E-state index in [4.69, 9.17) is 9.47 Å². The standard InChI is InChI=1S/C14H12N4O3S/c1-20-12-6-11(21-8-14-15-17-18-16-14)9(7-19)5-10(12)13-3-2-4-22-13/h2-7H,8H2,1H3,(H,15,16,17,18). The molecular weight excluding hydrogens is 304 g/mol. The molecule has 1 N–H and O–H groups in total. The van der Waals surface area contributed by atoms with Gasteiger partial charge in [0.15, 0.2) is 12.1 Å². The van der Waals surface area contributed by atoms with Crippen molar-refractivity contribution in [2.24, 2.45) is 0 Å². The van der Waals surface area contributed by atoms with Crippen molar-refractivity contribution in [2.75, 3.05) is 7.11 Å². The molecule has 112 valence electrons. The van der Waals surface area contributed by atoms with E-state index in [1.165, 1.54) is 0 Å². The number of tetrazole rings is 1. The molecule has 0 saturated heterocycles. The Hall–Kier alpha value is -2.74. The Balaban J connectivity index is 1.94. The number of rotatable bonds is 6. The third kappa shape index (κ3) is 2.82. The first kappa shape index (κ1) is 14.2. The zero-order chi connectivity index (χ0) is 15.4. The first-order valence-electron chi connectivity index (χ1n) is 6.38. The number of carbonyl (C=O) groups excluding carboxylic acids is 1. The average molecular weight is 316 g/mol. The number of benzene rings is 1. The van der Waals surface area contributed by atoms with Crippen LogP contribution in [0.15, 0.2) is 29.6 Å². The van der Waals surface area contributed by atoms with Gasteiger partial charge in [-0.3, -0.25) is 4.79 Å². The maximum absolute atomic E-state index is 11.3. The summed E-state index contributed by atoms with van der Waals surface area (Å²) in [4.78, 5) is 12.4. The molecule has 3 rings (SSSR count). The third-order valence-electron chi connectivity index (χ3n) is 3.00. The summed E-state index contributed by atoms with van der Waals surface area (Å²) in [5.41, 5.74) is 1.30. The summed E-state index contributed by atoms with van der Waals surface area (Å²) in [5, 5.41) is 15.2. The molecule has 0 aliphatic heterocycles. The lowest BCUT2D eigenvalue weighted by Crippen LogP contribution is -2.01. The minimum absolute atomic E-state index is 0.134. The van der Waals surface area contributed by atoms with Crippen LogP contribution in [0, 0.1) is 0 Å². The van der Waals surface area contributed by atoms with Gasteiger partial charge in [0, 0.05) is 16.5 Å².